The Morgan fingerprint density at radius 1 is 1.29 bits per heavy atom. The van der Waals surface area contributed by atoms with Gasteiger partial charge < -0.3 is 11.1 Å². The molecule has 1 atom stereocenters. The fourth-order valence-corrected chi connectivity index (χ4v) is 1.17. The van der Waals surface area contributed by atoms with Crippen molar-refractivity contribution in [3.63, 3.8) is 0 Å². The van der Waals surface area contributed by atoms with Gasteiger partial charge in [0, 0.05) is 0 Å². The Hall–Kier alpha value is -1.78. The number of primary amides is 1. The highest BCUT2D eigenvalue weighted by Crippen LogP contribution is 2.11. The SMILES string of the molecule is BC(=O)NC(C(N)=O)c1ccccc1. The number of carbonyl (C=O) groups excluding carboxylic acids is 2. The molecule has 2 amide bonds. The van der Waals surface area contributed by atoms with Gasteiger partial charge in [-0.3, -0.25) is 9.59 Å². The third-order valence-corrected chi connectivity index (χ3v) is 1.77. The van der Waals surface area contributed by atoms with Crippen LogP contribution in [0.1, 0.15) is 11.6 Å². The summed E-state index contributed by atoms with van der Waals surface area (Å²) in [6.07, 6.45) is 0. The van der Waals surface area contributed by atoms with Crippen LogP contribution in [0.3, 0.4) is 0 Å². The largest absolute Gasteiger partial charge is 0.368 e. The van der Waals surface area contributed by atoms with Crippen LogP contribution in [0.4, 0.5) is 4.79 Å². The molecular formula is C9H11BN2O2. The van der Waals surface area contributed by atoms with E-state index in [1.54, 1.807) is 24.3 Å². The van der Waals surface area contributed by atoms with Gasteiger partial charge in [-0.05, 0) is 5.56 Å². The van der Waals surface area contributed by atoms with Gasteiger partial charge >= 0.3 is 0 Å². The number of nitrogens with one attached hydrogen (secondary N) is 1. The number of benzene rings is 1. The quantitative estimate of drug-likeness (QED) is 0.634. The maximum Gasteiger partial charge on any atom is 0.244 e. The summed E-state index contributed by atoms with van der Waals surface area (Å²) in [6, 6.07) is 8.14. The Labute approximate surface area is 82.9 Å². The van der Waals surface area contributed by atoms with Crippen LogP contribution in [-0.4, -0.2) is 19.6 Å². The summed E-state index contributed by atoms with van der Waals surface area (Å²) in [7, 11) is 1.35. The highest BCUT2D eigenvalue weighted by molar-refractivity contribution is 6.57. The van der Waals surface area contributed by atoms with Gasteiger partial charge in [-0.15, -0.1) is 0 Å². The van der Waals surface area contributed by atoms with E-state index in [0.717, 1.165) is 0 Å². The van der Waals surface area contributed by atoms with Crippen LogP contribution in [0.25, 0.3) is 0 Å². The van der Waals surface area contributed by atoms with E-state index in [1.165, 1.54) is 7.85 Å². The first kappa shape index (κ1) is 10.3. The van der Waals surface area contributed by atoms with Gasteiger partial charge in [-0.2, -0.15) is 0 Å². The standard InChI is InChI=1S/C9H11BN2O2/c10-9(14)12-7(8(11)13)6-4-2-1-3-5-6/h1-5,7H,10H2,(H2,11,13)(H,12,14). The van der Waals surface area contributed by atoms with Crippen molar-refractivity contribution in [2.75, 3.05) is 0 Å². The Morgan fingerprint density at radius 3 is 2.29 bits per heavy atom. The van der Waals surface area contributed by atoms with E-state index in [1.807, 2.05) is 6.07 Å². The Kier molecular flexibility index (Phi) is 3.28. The van der Waals surface area contributed by atoms with Crippen LogP contribution in [-0.2, 0) is 4.79 Å². The van der Waals surface area contributed by atoms with Crippen LogP contribution in [0.2, 0.25) is 0 Å². The van der Waals surface area contributed by atoms with E-state index >= 15 is 0 Å². The van der Waals surface area contributed by atoms with Crippen LogP contribution >= 0.6 is 0 Å². The van der Waals surface area contributed by atoms with Crippen molar-refractivity contribution in [2.45, 2.75) is 6.04 Å². The Morgan fingerprint density at radius 2 is 1.86 bits per heavy atom. The molecule has 0 saturated heterocycles. The molecule has 3 N–H and O–H groups in total. The second-order valence-corrected chi connectivity index (χ2v) is 2.95. The monoisotopic (exact) mass is 190 g/mol. The van der Waals surface area contributed by atoms with E-state index in [9.17, 15) is 9.59 Å². The zero-order valence-corrected chi connectivity index (χ0v) is 7.86. The highest BCUT2D eigenvalue weighted by atomic mass is 16.2. The maximum atomic E-state index is 11.0. The Balaban J connectivity index is 2.89. The third kappa shape index (κ3) is 2.62. The van der Waals surface area contributed by atoms with Crippen molar-refractivity contribution >= 4 is 19.6 Å². The van der Waals surface area contributed by atoms with Crippen molar-refractivity contribution < 1.29 is 9.59 Å². The van der Waals surface area contributed by atoms with Crippen LogP contribution in [0.5, 0.6) is 0 Å². The van der Waals surface area contributed by atoms with Crippen molar-refractivity contribution in [3.8, 4) is 0 Å². The molecule has 0 aromatic heterocycles. The molecule has 4 nitrogen and oxygen atoms in total. The summed E-state index contributed by atoms with van der Waals surface area (Å²) in [4.78, 5) is 21.9. The van der Waals surface area contributed by atoms with Crippen molar-refractivity contribution in [1.82, 2.24) is 5.32 Å². The zero-order valence-electron chi connectivity index (χ0n) is 7.86. The van der Waals surface area contributed by atoms with Crippen molar-refractivity contribution in [2.24, 2.45) is 5.73 Å². The second kappa shape index (κ2) is 4.46. The lowest BCUT2D eigenvalue weighted by molar-refractivity contribution is -0.119. The Bertz CT molecular complexity index is 340. The predicted octanol–water partition coefficient (Wildman–Crippen LogP) is -0.444. The summed E-state index contributed by atoms with van der Waals surface area (Å²) in [5.41, 5.74) is 5.85. The molecule has 1 aromatic carbocycles. The lowest BCUT2D eigenvalue weighted by Crippen LogP contribution is -2.36. The zero-order chi connectivity index (χ0) is 10.6. The molecule has 0 radical (unpaired) electrons. The molecule has 0 heterocycles. The number of hydrogen-bond acceptors (Lipinski definition) is 2. The van der Waals surface area contributed by atoms with Gasteiger partial charge in [-0.1, -0.05) is 30.3 Å². The first-order valence-electron chi connectivity index (χ1n) is 4.22. The molecular weight excluding hydrogens is 179 g/mol. The molecule has 0 bridgehead atoms. The van der Waals surface area contributed by atoms with E-state index in [0.29, 0.717) is 5.56 Å². The van der Waals surface area contributed by atoms with Gasteiger partial charge in [0.05, 0.1) is 0 Å². The molecule has 0 spiro atoms. The normalized spacial score (nSPS) is 11.7. The molecule has 72 valence electrons. The van der Waals surface area contributed by atoms with E-state index in [2.05, 4.69) is 5.32 Å². The molecule has 0 fully saturated rings. The molecule has 5 heteroatoms. The first-order valence-corrected chi connectivity index (χ1v) is 4.22. The molecule has 14 heavy (non-hydrogen) atoms. The predicted molar refractivity (Wildman–Crippen MR) is 55.5 cm³/mol. The maximum absolute atomic E-state index is 11.0. The molecule has 0 saturated carbocycles. The molecule has 1 aromatic rings. The minimum atomic E-state index is -0.742. The van der Waals surface area contributed by atoms with E-state index < -0.39 is 11.9 Å². The number of nitrogens with two attached hydrogens (primary N) is 1. The first-order chi connectivity index (χ1) is 6.61. The van der Waals surface area contributed by atoms with Crippen molar-refractivity contribution in [3.05, 3.63) is 35.9 Å². The average molecular weight is 190 g/mol. The number of amides is 2. The lowest BCUT2D eigenvalue weighted by atomic mass is 10.0. The van der Waals surface area contributed by atoms with Gasteiger partial charge in [0.1, 0.15) is 6.04 Å². The minimum Gasteiger partial charge on any atom is -0.368 e. The second-order valence-electron chi connectivity index (χ2n) is 2.95. The van der Waals surface area contributed by atoms with Crippen LogP contribution < -0.4 is 11.1 Å². The molecule has 0 aliphatic heterocycles. The van der Waals surface area contributed by atoms with Crippen LogP contribution in [0.15, 0.2) is 30.3 Å². The highest BCUT2D eigenvalue weighted by Gasteiger charge is 2.17. The van der Waals surface area contributed by atoms with E-state index in [-0.39, 0.29) is 5.81 Å². The number of rotatable bonds is 3. The number of carbonyl (C=O) groups is 2. The summed E-state index contributed by atoms with van der Waals surface area (Å²) in [6.45, 7) is 0. The van der Waals surface area contributed by atoms with Gasteiger partial charge in [-0.25, -0.2) is 0 Å². The topological polar surface area (TPSA) is 72.2 Å². The fraction of sp³-hybridized carbons (Fsp3) is 0.111. The van der Waals surface area contributed by atoms with E-state index in [4.69, 9.17) is 5.73 Å². The van der Waals surface area contributed by atoms with Crippen molar-refractivity contribution in [1.29, 1.82) is 0 Å². The summed E-state index contributed by atoms with van der Waals surface area (Å²) in [5.74, 6) is -0.843. The van der Waals surface area contributed by atoms with Crippen LogP contribution in [0, 0.1) is 0 Å². The molecule has 0 aliphatic carbocycles. The van der Waals surface area contributed by atoms with Gasteiger partial charge in [0.15, 0.2) is 5.81 Å². The lowest BCUT2D eigenvalue weighted by Gasteiger charge is -2.14. The average Bonchev–Trinajstić information content (AvgIpc) is 2.15. The fourth-order valence-electron chi connectivity index (χ4n) is 1.17. The van der Waals surface area contributed by atoms with Gasteiger partial charge in [0.2, 0.25) is 13.8 Å². The number of hydrogen-bond donors (Lipinski definition) is 2. The summed E-state index contributed by atoms with van der Waals surface area (Å²) < 4.78 is 0. The van der Waals surface area contributed by atoms with Gasteiger partial charge in [0.25, 0.3) is 0 Å². The smallest absolute Gasteiger partial charge is 0.244 e. The molecule has 1 rings (SSSR count). The summed E-state index contributed by atoms with van der Waals surface area (Å²) >= 11 is 0. The molecule has 1 unspecified atom stereocenters. The molecule has 0 aliphatic rings. The summed E-state index contributed by atoms with van der Waals surface area (Å²) in [5, 5.41) is 2.48. The minimum absolute atomic E-state index is 0.280. The third-order valence-electron chi connectivity index (χ3n) is 1.77.